The van der Waals surface area contributed by atoms with Crippen molar-refractivity contribution in [1.82, 2.24) is 20.2 Å². The standard InChI is InChI=1S/C19H18N4O3S2/c1-9-10(2)27-18-14(9)16(24)20-15(21-18)11(3)28-19-23-22-17(26-19)12-7-5-6-8-13(12)25-4/h5-8,11H,1-4H3,(H,20,21,24). The second-order valence-electron chi connectivity index (χ2n) is 6.25. The minimum Gasteiger partial charge on any atom is -0.496 e. The highest BCUT2D eigenvalue weighted by atomic mass is 32.2. The van der Waals surface area contributed by atoms with Crippen molar-refractivity contribution in [2.75, 3.05) is 7.11 Å². The molecule has 7 nitrogen and oxygen atoms in total. The Kier molecular flexibility index (Phi) is 4.94. The lowest BCUT2D eigenvalue weighted by molar-refractivity contribution is 0.411. The van der Waals surface area contributed by atoms with Crippen molar-refractivity contribution in [3.05, 3.63) is 50.9 Å². The molecule has 4 rings (SSSR count). The van der Waals surface area contributed by atoms with Gasteiger partial charge in [0, 0.05) is 4.88 Å². The van der Waals surface area contributed by atoms with E-state index in [2.05, 4.69) is 20.2 Å². The van der Waals surface area contributed by atoms with Crippen molar-refractivity contribution in [3.8, 4) is 17.2 Å². The van der Waals surface area contributed by atoms with Gasteiger partial charge in [-0.25, -0.2) is 4.98 Å². The Bertz CT molecular complexity index is 1210. The monoisotopic (exact) mass is 414 g/mol. The van der Waals surface area contributed by atoms with E-state index in [1.165, 1.54) is 23.1 Å². The molecule has 0 spiro atoms. The predicted octanol–water partition coefficient (Wildman–Crippen LogP) is 4.51. The molecule has 1 aromatic carbocycles. The summed E-state index contributed by atoms with van der Waals surface area (Å²) in [5.74, 6) is 1.63. The number of thioether (sulfide) groups is 1. The fourth-order valence-corrected chi connectivity index (χ4v) is 4.64. The molecule has 0 saturated heterocycles. The van der Waals surface area contributed by atoms with Gasteiger partial charge in [-0.2, -0.15) is 0 Å². The molecule has 0 aliphatic carbocycles. The third kappa shape index (κ3) is 3.31. The Balaban J connectivity index is 1.61. The van der Waals surface area contributed by atoms with Gasteiger partial charge in [0.15, 0.2) is 0 Å². The van der Waals surface area contributed by atoms with E-state index in [0.29, 0.717) is 28.1 Å². The number of methoxy groups -OCH3 is 1. The highest BCUT2D eigenvalue weighted by Crippen LogP contribution is 2.36. The summed E-state index contributed by atoms with van der Waals surface area (Å²) in [6, 6.07) is 7.46. The van der Waals surface area contributed by atoms with Crippen LogP contribution in [0.4, 0.5) is 0 Å². The van der Waals surface area contributed by atoms with E-state index in [1.807, 2.05) is 45.0 Å². The molecule has 28 heavy (non-hydrogen) atoms. The molecule has 4 aromatic rings. The van der Waals surface area contributed by atoms with Gasteiger partial charge in [0.25, 0.3) is 16.7 Å². The summed E-state index contributed by atoms with van der Waals surface area (Å²) in [6.45, 7) is 5.88. The van der Waals surface area contributed by atoms with Crippen molar-refractivity contribution in [2.45, 2.75) is 31.2 Å². The summed E-state index contributed by atoms with van der Waals surface area (Å²) in [7, 11) is 1.60. The number of nitrogens with zero attached hydrogens (tertiary/aromatic N) is 3. The maximum absolute atomic E-state index is 12.5. The van der Waals surface area contributed by atoms with Gasteiger partial charge in [-0.1, -0.05) is 23.9 Å². The molecule has 3 heterocycles. The lowest BCUT2D eigenvalue weighted by atomic mass is 10.2. The van der Waals surface area contributed by atoms with E-state index in [0.717, 1.165) is 20.8 Å². The van der Waals surface area contributed by atoms with Crippen LogP contribution in [0.1, 0.15) is 28.4 Å². The highest BCUT2D eigenvalue weighted by Gasteiger charge is 2.19. The first-order chi connectivity index (χ1) is 13.5. The van der Waals surface area contributed by atoms with Crippen LogP contribution in [0.3, 0.4) is 0 Å². The number of aromatic nitrogens is 4. The Morgan fingerprint density at radius 2 is 2.04 bits per heavy atom. The zero-order valence-electron chi connectivity index (χ0n) is 15.8. The number of rotatable bonds is 5. The van der Waals surface area contributed by atoms with Gasteiger partial charge in [-0.05, 0) is 38.5 Å². The topological polar surface area (TPSA) is 93.9 Å². The van der Waals surface area contributed by atoms with E-state index in [4.69, 9.17) is 9.15 Å². The number of benzene rings is 1. The number of thiophene rings is 1. The lowest BCUT2D eigenvalue weighted by Gasteiger charge is -2.07. The van der Waals surface area contributed by atoms with Crippen molar-refractivity contribution >= 4 is 33.3 Å². The number of aryl methyl sites for hydroxylation is 2. The van der Waals surface area contributed by atoms with Crippen LogP contribution in [0.2, 0.25) is 0 Å². The maximum Gasteiger partial charge on any atom is 0.277 e. The van der Waals surface area contributed by atoms with Crippen molar-refractivity contribution in [3.63, 3.8) is 0 Å². The van der Waals surface area contributed by atoms with E-state index in [-0.39, 0.29) is 10.8 Å². The minimum atomic E-state index is -0.161. The molecule has 144 valence electrons. The minimum absolute atomic E-state index is 0.116. The Labute approximate surface area is 169 Å². The highest BCUT2D eigenvalue weighted by molar-refractivity contribution is 7.99. The van der Waals surface area contributed by atoms with Gasteiger partial charge < -0.3 is 14.1 Å². The van der Waals surface area contributed by atoms with Crippen molar-refractivity contribution in [1.29, 1.82) is 0 Å². The van der Waals surface area contributed by atoms with Crippen LogP contribution in [0.25, 0.3) is 21.7 Å². The van der Waals surface area contributed by atoms with Crippen LogP contribution < -0.4 is 10.3 Å². The molecular formula is C19H18N4O3S2. The van der Waals surface area contributed by atoms with E-state index < -0.39 is 0 Å². The molecule has 0 aliphatic heterocycles. The fraction of sp³-hybridized carbons (Fsp3) is 0.263. The average molecular weight is 415 g/mol. The summed E-state index contributed by atoms with van der Waals surface area (Å²) >= 11 is 2.88. The van der Waals surface area contributed by atoms with Crippen LogP contribution in [-0.4, -0.2) is 27.3 Å². The third-order valence-electron chi connectivity index (χ3n) is 4.46. The molecule has 1 unspecified atom stereocenters. The Morgan fingerprint density at radius 1 is 1.25 bits per heavy atom. The summed E-state index contributed by atoms with van der Waals surface area (Å²) in [5, 5.41) is 9.13. The van der Waals surface area contributed by atoms with Crippen LogP contribution in [-0.2, 0) is 0 Å². The van der Waals surface area contributed by atoms with Crippen LogP contribution >= 0.6 is 23.1 Å². The van der Waals surface area contributed by atoms with Gasteiger partial charge in [-0.3, -0.25) is 4.79 Å². The molecule has 0 radical (unpaired) electrons. The summed E-state index contributed by atoms with van der Waals surface area (Å²) in [5.41, 5.74) is 1.60. The van der Waals surface area contributed by atoms with E-state index >= 15 is 0 Å². The van der Waals surface area contributed by atoms with E-state index in [1.54, 1.807) is 7.11 Å². The Morgan fingerprint density at radius 3 is 2.82 bits per heavy atom. The number of aromatic amines is 1. The number of nitrogens with one attached hydrogen (secondary N) is 1. The van der Waals surface area contributed by atoms with Crippen molar-refractivity contribution < 1.29 is 9.15 Å². The van der Waals surface area contributed by atoms with Gasteiger partial charge in [-0.15, -0.1) is 21.5 Å². The van der Waals surface area contributed by atoms with Crippen LogP contribution in [0, 0.1) is 13.8 Å². The second kappa shape index (κ2) is 7.40. The number of fused-ring (bicyclic) bond motifs is 1. The molecule has 0 fully saturated rings. The van der Waals surface area contributed by atoms with Crippen molar-refractivity contribution in [2.24, 2.45) is 0 Å². The largest absolute Gasteiger partial charge is 0.496 e. The number of para-hydroxylation sites is 1. The number of hydrogen-bond donors (Lipinski definition) is 1. The molecule has 0 bridgehead atoms. The molecule has 3 aromatic heterocycles. The fourth-order valence-electron chi connectivity index (χ4n) is 2.86. The SMILES string of the molecule is COc1ccccc1-c1nnc(SC(C)c2nc3sc(C)c(C)c3c(=O)[nH]2)o1. The molecule has 0 saturated carbocycles. The quantitative estimate of drug-likeness (QED) is 0.480. The van der Waals surface area contributed by atoms with E-state index in [9.17, 15) is 4.79 Å². The number of ether oxygens (including phenoxy) is 1. The molecule has 0 amide bonds. The number of hydrogen-bond acceptors (Lipinski definition) is 8. The van der Waals surface area contributed by atoms with Gasteiger partial charge >= 0.3 is 0 Å². The molecule has 9 heteroatoms. The zero-order chi connectivity index (χ0) is 19.8. The zero-order valence-corrected chi connectivity index (χ0v) is 17.4. The first-order valence-corrected chi connectivity index (χ1v) is 10.3. The van der Waals surface area contributed by atoms with Gasteiger partial charge in [0.2, 0.25) is 0 Å². The van der Waals surface area contributed by atoms with Gasteiger partial charge in [0.05, 0.1) is 23.3 Å². The normalized spacial score (nSPS) is 12.4. The summed E-state index contributed by atoms with van der Waals surface area (Å²) in [6.07, 6.45) is 0. The van der Waals surface area contributed by atoms with Gasteiger partial charge in [0.1, 0.15) is 16.4 Å². The molecule has 0 aliphatic rings. The van der Waals surface area contributed by atoms with Crippen LogP contribution in [0.15, 0.2) is 38.7 Å². The predicted molar refractivity (Wildman–Crippen MR) is 110 cm³/mol. The van der Waals surface area contributed by atoms with Crippen LogP contribution in [0.5, 0.6) is 5.75 Å². The third-order valence-corrected chi connectivity index (χ3v) is 6.51. The molecular weight excluding hydrogens is 396 g/mol. The average Bonchev–Trinajstić information content (AvgIpc) is 3.26. The first-order valence-electron chi connectivity index (χ1n) is 8.61. The number of H-pyrrole nitrogens is 1. The molecule has 1 atom stereocenters. The molecule has 1 N–H and O–H groups in total. The Hall–Kier alpha value is -2.65. The second-order valence-corrected chi connectivity index (χ2v) is 8.74. The first kappa shape index (κ1) is 18.7. The lowest BCUT2D eigenvalue weighted by Crippen LogP contribution is -2.12. The smallest absolute Gasteiger partial charge is 0.277 e. The summed E-state index contributed by atoms with van der Waals surface area (Å²) < 4.78 is 11.1. The summed E-state index contributed by atoms with van der Waals surface area (Å²) in [4.78, 5) is 21.9. The maximum atomic E-state index is 12.5.